The fraction of sp³-hybridized carbons (Fsp3) is 0.333. The summed E-state index contributed by atoms with van der Waals surface area (Å²) in [6, 6.07) is 7.02. The van der Waals surface area contributed by atoms with Crippen LogP contribution in [0.5, 0.6) is 0 Å². The number of carbonyl (C=O) groups excluding carboxylic acids is 1. The molecule has 1 N–H and O–H groups in total. The number of benzene rings is 1. The van der Waals surface area contributed by atoms with Crippen molar-refractivity contribution in [3.8, 4) is 0 Å². The summed E-state index contributed by atoms with van der Waals surface area (Å²) in [5.74, 6) is -0.619. The Kier molecular flexibility index (Phi) is 5.45. The fourth-order valence-electron chi connectivity index (χ4n) is 3.28. The maximum atomic E-state index is 12.8. The number of hydrogen-bond donors (Lipinski definition) is 1. The molecule has 1 amide bonds. The number of aryl methyl sites for hydroxylation is 1. The van der Waals surface area contributed by atoms with Crippen LogP contribution in [0.1, 0.15) is 18.4 Å². The van der Waals surface area contributed by atoms with Crippen LogP contribution in [0.25, 0.3) is 10.2 Å². The molecule has 4 rings (SSSR count). The average Bonchev–Trinajstić information content (AvgIpc) is 3.36. The van der Waals surface area contributed by atoms with Gasteiger partial charge in [-0.25, -0.2) is 13.4 Å². The molecule has 1 unspecified atom stereocenters. The van der Waals surface area contributed by atoms with Crippen molar-refractivity contribution in [1.82, 2.24) is 9.29 Å². The number of hydrogen-bond acceptors (Lipinski definition) is 6. The van der Waals surface area contributed by atoms with E-state index in [1.165, 1.54) is 27.0 Å². The number of halogens is 1. The molecule has 6 nitrogen and oxygen atoms in total. The maximum absolute atomic E-state index is 12.8. The fourth-order valence-corrected chi connectivity index (χ4v) is 7.16. The first-order valence-corrected chi connectivity index (χ1v) is 12.3. The van der Waals surface area contributed by atoms with Crippen LogP contribution in [0.2, 0.25) is 5.02 Å². The monoisotopic (exact) mass is 455 g/mol. The Morgan fingerprint density at radius 3 is 2.89 bits per heavy atom. The first-order valence-electron chi connectivity index (χ1n) is 8.76. The van der Waals surface area contributed by atoms with Crippen LogP contribution in [0.3, 0.4) is 0 Å². The van der Waals surface area contributed by atoms with E-state index in [-0.39, 0.29) is 12.5 Å². The molecule has 0 radical (unpaired) electrons. The lowest BCUT2D eigenvalue weighted by Gasteiger charge is -2.30. The zero-order valence-corrected chi connectivity index (χ0v) is 18.2. The number of anilines is 1. The Morgan fingerprint density at radius 2 is 2.18 bits per heavy atom. The van der Waals surface area contributed by atoms with Crippen molar-refractivity contribution in [1.29, 1.82) is 0 Å². The quantitative estimate of drug-likeness (QED) is 0.633. The molecule has 2 aromatic heterocycles. The van der Waals surface area contributed by atoms with E-state index < -0.39 is 15.9 Å². The van der Waals surface area contributed by atoms with E-state index >= 15 is 0 Å². The van der Waals surface area contributed by atoms with Crippen LogP contribution >= 0.6 is 34.3 Å². The van der Waals surface area contributed by atoms with Gasteiger partial charge in [0.05, 0.1) is 21.2 Å². The summed E-state index contributed by atoms with van der Waals surface area (Å²) >= 11 is 8.75. The van der Waals surface area contributed by atoms with E-state index in [0.717, 1.165) is 15.8 Å². The van der Waals surface area contributed by atoms with E-state index in [2.05, 4.69) is 10.3 Å². The van der Waals surface area contributed by atoms with E-state index in [0.29, 0.717) is 33.7 Å². The number of aromatic nitrogens is 1. The van der Waals surface area contributed by atoms with Gasteiger partial charge in [-0.1, -0.05) is 35.1 Å². The van der Waals surface area contributed by atoms with Crippen LogP contribution in [-0.4, -0.2) is 36.7 Å². The van der Waals surface area contributed by atoms with Crippen LogP contribution in [0.4, 0.5) is 5.13 Å². The third-order valence-electron chi connectivity index (χ3n) is 4.77. The molecule has 10 heteroatoms. The summed E-state index contributed by atoms with van der Waals surface area (Å²) in [5, 5.41) is 5.67. The minimum absolute atomic E-state index is 0.177. The van der Waals surface area contributed by atoms with Crippen molar-refractivity contribution < 1.29 is 13.2 Å². The highest BCUT2D eigenvalue weighted by molar-refractivity contribution is 7.91. The van der Waals surface area contributed by atoms with Gasteiger partial charge in [-0.3, -0.25) is 4.79 Å². The lowest BCUT2D eigenvalue weighted by atomic mass is 9.99. The van der Waals surface area contributed by atoms with Crippen LogP contribution in [-0.2, 0) is 14.8 Å². The number of thiophene rings is 1. The van der Waals surface area contributed by atoms with Gasteiger partial charge in [0.15, 0.2) is 5.13 Å². The Hall–Kier alpha value is -1.52. The molecule has 28 heavy (non-hydrogen) atoms. The van der Waals surface area contributed by atoms with Crippen LogP contribution < -0.4 is 5.32 Å². The van der Waals surface area contributed by atoms with E-state index in [1.807, 2.05) is 19.1 Å². The molecular weight excluding hydrogens is 438 g/mol. The predicted octanol–water partition coefficient (Wildman–Crippen LogP) is 4.36. The van der Waals surface area contributed by atoms with Gasteiger partial charge in [0, 0.05) is 13.1 Å². The van der Waals surface area contributed by atoms with Gasteiger partial charge in [0.2, 0.25) is 5.91 Å². The molecule has 1 aliphatic heterocycles. The Labute approximate surface area is 176 Å². The molecule has 1 aliphatic rings. The normalized spacial score (nSPS) is 18.4. The van der Waals surface area contributed by atoms with Crippen molar-refractivity contribution in [2.24, 2.45) is 5.92 Å². The number of nitrogens with one attached hydrogen (secondary N) is 1. The number of thiazole rings is 1. The summed E-state index contributed by atoms with van der Waals surface area (Å²) in [4.78, 5) is 17.3. The summed E-state index contributed by atoms with van der Waals surface area (Å²) in [7, 11) is -3.55. The first-order chi connectivity index (χ1) is 13.4. The standard InChI is InChI=1S/C18H18ClN3O3S3/c1-11-6-7-13(19)16-15(11)20-18(27-16)21-17(23)12-4-2-8-22(10-12)28(24,25)14-5-3-9-26-14/h3,5-7,9,12H,2,4,8,10H2,1H3,(H,20,21,23). The Bertz CT molecular complexity index is 1090. The summed E-state index contributed by atoms with van der Waals surface area (Å²) in [5.41, 5.74) is 1.76. The lowest BCUT2D eigenvalue weighted by molar-refractivity contribution is -0.120. The molecule has 0 aliphatic carbocycles. The van der Waals surface area contributed by atoms with Gasteiger partial charge in [-0.15, -0.1) is 11.3 Å². The van der Waals surface area contributed by atoms with Crippen LogP contribution in [0.15, 0.2) is 33.9 Å². The number of fused-ring (bicyclic) bond motifs is 1. The Balaban J connectivity index is 1.51. The zero-order valence-electron chi connectivity index (χ0n) is 15.0. The highest BCUT2D eigenvalue weighted by Gasteiger charge is 2.34. The first kappa shape index (κ1) is 19.8. The molecular formula is C18H18ClN3O3S3. The minimum Gasteiger partial charge on any atom is -0.302 e. The van der Waals surface area contributed by atoms with E-state index in [1.54, 1.807) is 17.5 Å². The molecule has 0 saturated carbocycles. The van der Waals surface area contributed by atoms with Gasteiger partial charge in [0.1, 0.15) is 4.21 Å². The molecule has 3 aromatic rings. The molecule has 1 saturated heterocycles. The summed E-state index contributed by atoms with van der Waals surface area (Å²) < 4.78 is 28.0. The van der Waals surface area contributed by atoms with Gasteiger partial charge in [-0.2, -0.15) is 4.31 Å². The second-order valence-electron chi connectivity index (χ2n) is 6.68. The number of nitrogens with zero attached hydrogens (tertiary/aromatic N) is 2. The number of amides is 1. The van der Waals surface area contributed by atoms with Gasteiger partial charge < -0.3 is 5.32 Å². The largest absolute Gasteiger partial charge is 0.302 e. The van der Waals surface area contributed by atoms with E-state index in [4.69, 9.17) is 11.6 Å². The molecule has 1 atom stereocenters. The highest BCUT2D eigenvalue weighted by atomic mass is 35.5. The van der Waals surface area contributed by atoms with Crippen LogP contribution in [0, 0.1) is 12.8 Å². The predicted molar refractivity (Wildman–Crippen MR) is 114 cm³/mol. The lowest BCUT2D eigenvalue weighted by Crippen LogP contribution is -2.43. The maximum Gasteiger partial charge on any atom is 0.252 e. The van der Waals surface area contributed by atoms with Crippen molar-refractivity contribution in [3.05, 3.63) is 40.2 Å². The summed E-state index contributed by atoms with van der Waals surface area (Å²) in [6.45, 7) is 2.55. The zero-order chi connectivity index (χ0) is 19.9. The van der Waals surface area contributed by atoms with Crippen molar-refractivity contribution in [2.75, 3.05) is 18.4 Å². The molecule has 1 aromatic carbocycles. The molecule has 0 spiro atoms. The topological polar surface area (TPSA) is 79.4 Å². The third-order valence-corrected chi connectivity index (χ3v) is 9.44. The number of rotatable bonds is 4. The molecule has 1 fully saturated rings. The summed E-state index contributed by atoms with van der Waals surface area (Å²) in [6.07, 6.45) is 1.29. The SMILES string of the molecule is Cc1ccc(Cl)c2sc(NC(=O)C3CCCN(S(=O)(=O)c4cccs4)C3)nc12. The van der Waals surface area contributed by atoms with Crippen molar-refractivity contribution >= 4 is 65.6 Å². The number of carbonyl (C=O) groups is 1. The Morgan fingerprint density at radius 1 is 1.36 bits per heavy atom. The second-order valence-corrected chi connectivity index (χ2v) is 11.2. The molecule has 3 heterocycles. The van der Waals surface area contributed by atoms with Gasteiger partial charge in [-0.05, 0) is 42.8 Å². The smallest absolute Gasteiger partial charge is 0.252 e. The number of piperidine rings is 1. The molecule has 0 bridgehead atoms. The van der Waals surface area contributed by atoms with Gasteiger partial charge >= 0.3 is 0 Å². The minimum atomic E-state index is -3.55. The third kappa shape index (κ3) is 3.69. The number of sulfonamides is 1. The van der Waals surface area contributed by atoms with Crippen molar-refractivity contribution in [2.45, 2.75) is 24.0 Å². The highest BCUT2D eigenvalue weighted by Crippen LogP contribution is 2.34. The van der Waals surface area contributed by atoms with E-state index in [9.17, 15) is 13.2 Å². The molecule has 148 valence electrons. The second kappa shape index (κ2) is 7.72. The average molecular weight is 456 g/mol. The van der Waals surface area contributed by atoms with Crippen molar-refractivity contribution in [3.63, 3.8) is 0 Å². The van der Waals surface area contributed by atoms with Gasteiger partial charge in [0.25, 0.3) is 10.0 Å².